The molecule has 0 atom stereocenters. The van der Waals surface area contributed by atoms with E-state index in [2.05, 4.69) is 4.98 Å². The quantitative estimate of drug-likeness (QED) is 0.195. The van der Waals surface area contributed by atoms with Crippen LogP contribution in [0, 0.1) is 5.82 Å². The van der Waals surface area contributed by atoms with Crippen LogP contribution in [0.5, 0.6) is 0 Å². The molecule has 0 fully saturated rings. The van der Waals surface area contributed by atoms with Crippen LogP contribution in [0.25, 0.3) is 0 Å². The first-order valence-corrected chi connectivity index (χ1v) is 15.4. The molecule has 1 aromatic carbocycles. The van der Waals surface area contributed by atoms with Crippen LogP contribution in [-0.4, -0.2) is 50.6 Å². The van der Waals surface area contributed by atoms with E-state index in [0.717, 1.165) is 6.42 Å². The fraction of sp³-hybridized carbons (Fsp3) is 0.353. The number of pyridine rings is 2. The van der Waals surface area contributed by atoms with Crippen molar-refractivity contribution in [3.05, 3.63) is 121 Å². The number of benzene rings is 1. The van der Waals surface area contributed by atoms with Gasteiger partial charge in [0.15, 0.2) is 0 Å². The van der Waals surface area contributed by atoms with Gasteiger partial charge in [0.05, 0.1) is 11.3 Å². The Kier molecular flexibility index (Phi) is 10.5. The number of carbonyl (C=O) groups excluding carboxylic acids is 1. The maximum absolute atomic E-state index is 13.6. The second kappa shape index (κ2) is 14.9. The Balaban J connectivity index is 1.42. The first-order valence-electron chi connectivity index (χ1n) is 15.4. The van der Waals surface area contributed by atoms with Crippen LogP contribution in [0.1, 0.15) is 54.1 Å². The van der Waals surface area contributed by atoms with Gasteiger partial charge >= 0.3 is 5.69 Å². The number of unbranched alkanes of at least 4 members (excludes halogenated alkanes) is 1. The number of aliphatic imine (C=N–C) groups is 1. The van der Waals surface area contributed by atoms with Crippen molar-refractivity contribution in [3.63, 3.8) is 0 Å². The summed E-state index contributed by atoms with van der Waals surface area (Å²) >= 11 is 0. The number of aromatic nitrogens is 4. The standard InChI is InChI=1S/C34H37FN6O5/c1-3-16-41-33(44)27-22-28(37-31(27)40(34(41)45)19-6-7-21-46-2)25-12-15-29(36-23-25)39(32(43)24-10-13-26(35)14-11-24)20-8-18-38-17-5-4-9-30(38)42/h4-5,9-15,17,23H,3,6-8,16,18-22H2,1-2H3. The van der Waals surface area contributed by atoms with Crippen LogP contribution >= 0.6 is 0 Å². The smallest absolute Gasteiger partial charge is 0.332 e. The van der Waals surface area contributed by atoms with Crippen molar-refractivity contribution in [2.45, 2.75) is 58.7 Å². The Morgan fingerprint density at radius 1 is 0.957 bits per heavy atom. The topological polar surface area (TPSA) is 121 Å². The van der Waals surface area contributed by atoms with E-state index >= 15 is 0 Å². The molecule has 46 heavy (non-hydrogen) atoms. The number of methoxy groups -OCH3 is 1. The third kappa shape index (κ3) is 7.12. The number of amides is 1. The third-order valence-corrected chi connectivity index (χ3v) is 7.88. The summed E-state index contributed by atoms with van der Waals surface area (Å²) in [6.45, 7) is 3.88. The Labute approximate surface area is 265 Å². The van der Waals surface area contributed by atoms with Crippen LogP contribution in [0.4, 0.5) is 16.0 Å². The van der Waals surface area contributed by atoms with E-state index in [1.54, 1.807) is 52.9 Å². The van der Waals surface area contributed by atoms with Crippen molar-refractivity contribution in [2.24, 2.45) is 4.99 Å². The lowest BCUT2D eigenvalue weighted by molar-refractivity contribution is 0.0985. The fourth-order valence-electron chi connectivity index (χ4n) is 5.50. The number of halogens is 1. The van der Waals surface area contributed by atoms with Gasteiger partial charge in [-0.3, -0.25) is 28.4 Å². The minimum Gasteiger partial charge on any atom is -0.385 e. The molecule has 0 aliphatic carbocycles. The summed E-state index contributed by atoms with van der Waals surface area (Å²) in [6, 6.07) is 13.7. The zero-order chi connectivity index (χ0) is 32.6. The van der Waals surface area contributed by atoms with Gasteiger partial charge in [0.2, 0.25) is 5.56 Å². The lowest BCUT2D eigenvalue weighted by Crippen LogP contribution is -2.41. The predicted molar refractivity (Wildman–Crippen MR) is 174 cm³/mol. The van der Waals surface area contributed by atoms with E-state index in [-0.39, 0.29) is 35.7 Å². The Hall–Kier alpha value is -4.97. The molecule has 0 spiro atoms. The molecule has 11 nitrogen and oxygen atoms in total. The lowest BCUT2D eigenvalue weighted by atomic mass is 10.1. The Morgan fingerprint density at radius 3 is 2.46 bits per heavy atom. The molecular weight excluding hydrogens is 591 g/mol. The van der Waals surface area contributed by atoms with Crippen LogP contribution in [0.2, 0.25) is 0 Å². The average molecular weight is 629 g/mol. The van der Waals surface area contributed by atoms with E-state index in [0.29, 0.717) is 79.5 Å². The zero-order valence-electron chi connectivity index (χ0n) is 26.0. The van der Waals surface area contributed by atoms with Crippen molar-refractivity contribution in [1.82, 2.24) is 18.7 Å². The second-order valence-corrected chi connectivity index (χ2v) is 11.1. The molecule has 0 N–H and O–H groups in total. The number of aryl methyl sites for hydroxylation is 1. The number of anilines is 1. The highest BCUT2D eigenvalue weighted by molar-refractivity contribution is 6.07. The first-order chi connectivity index (χ1) is 22.3. The normalized spacial score (nSPS) is 12.2. The molecule has 0 bridgehead atoms. The molecule has 0 saturated carbocycles. The number of nitrogens with zero attached hydrogens (tertiary/aromatic N) is 6. The molecule has 1 aliphatic heterocycles. The average Bonchev–Trinajstić information content (AvgIpc) is 3.51. The van der Waals surface area contributed by atoms with Gasteiger partial charge < -0.3 is 9.30 Å². The third-order valence-electron chi connectivity index (χ3n) is 7.88. The summed E-state index contributed by atoms with van der Waals surface area (Å²) in [7, 11) is 1.63. The minimum absolute atomic E-state index is 0.137. The summed E-state index contributed by atoms with van der Waals surface area (Å²) in [5.74, 6) is -0.0625. The number of carbonyl (C=O) groups is 1. The first kappa shape index (κ1) is 32.4. The van der Waals surface area contributed by atoms with E-state index in [9.17, 15) is 23.6 Å². The molecule has 0 saturated heterocycles. The predicted octanol–water partition coefficient (Wildman–Crippen LogP) is 3.96. The SMILES string of the molecule is CCCn1c(=O)c2c(n(CCCCOC)c1=O)N=C(c1ccc(N(CCCn3ccccc3=O)C(=O)c3ccc(F)cc3)nc1)C2. The molecular formula is C34H37FN6O5. The number of hydrogen-bond acceptors (Lipinski definition) is 7. The molecule has 4 heterocycles. The van der Waals surface area contributed by atoms with Gasteiger partial charge in [0.1, 0.15) is 17.5 Å². The largest absolute Gasteiger partial charge is 0.385 e. The molecule has 1 amide bonds. The van der Waals surface area contributed by atoms with Crippen LogP contribution in [0.15, 0.2) is 86.4 Å². The van der Waals surface area contributed by atoms with Gasteiger partial charge in [-0.05, 0) is 68.1 Å². The zero-order valence-corrected chi connectivity index (χ0v) is 26.0. The number of ether oxygens (including phenoxy) is 1. The van der Waals surface area contributed by atoms with Gasteiger partial charge in [-0.1, -0.05) is 13.0 Å². The Morgan fingerprint density at radius 2 is 1.76 bits per heavy atom. The monoisotopic (exact) mass is 628 g/mol. The molecule has 0 radical (unpaired) electrons. The molecule has 5 rings (SSSR count). The van der Waals surface area contributed by atoms with E-state index in [1.807, 2.05) is 6.92 Å². The van der Waals surface area contributed by atoms with Crippen LogP contribution < -0.4 is 21.7 Å². The summed E-state index contributed by atoms with van der Waals surface area (Å²) in [5.41, 5.74) is 1.20. The molecule has 3 aromatic heterocycles. The highest BCUT2D eigenvalue weighted by atomic mass is 19.1. The van der Waals surface area contributed by atoms with Gasteiger partial charge in [0.25, 0.3) is 11.5 Å². The van der Waals surface area contributed by atoms with Crippen molar-refractivity contribution in [2.75, 3.05) is 25.2 Å². The van der Waals surface area contributed by atoms with E-state index < -0.39 is 5.82 Å². The highest BCUT2D eigenvalue weighted by Crippen LogP contribution is 2.27. The van der Waals surface area contributed by atoms with E-state index in [4.69, 9.17) is 9.73 Å². The lowest BCUT2D eigenvalue weighted by Gasteiger charge is -2.22. The van der Waals surface area contributed by atoms with Crippen molar-refractivity contribution < 1.29 is 13.9 Å². The summed E-state index contributed by atoms with van der Waals surface area (Å²) in [4.78, 5) is 63.2. The van der Waals surface area contributed by atoms with Crippen molar-refractivity contribution >= 4 is 23.3 Å². The van der Waals surface area contributed by atoms with E-state index in [1.165, 1.54) is 39.8 Å². The summed E-state index contributed by atoms with van der Waals surface area (Å²) in [6.07, 6.45) is 6.11. The molecule has 0 unspecified atom stereocenters. The highest BCUT2D eigenvalue weighted by Gasteiger charge is 2.26. The maximum Gasteiger partial charge on any atom is 0.332 e. The van der Waals surface area contributed by atoms with Crippen LogP contribution in [-0.2, 0) is 30.8 Å². The van der Waals surface area contributed by atoms with Gasteiger partial charge in [-0.25, -0.2) is 19.2 Å². The van der Waals surface area contributed by atoms with Gasteiger partial charge in [0, 0.05) is 75.9 Å². The van der Waals surface area contributed by atoms with Gasteiger partial charge in [-0.15, -0.1) is 0 Å². The minimum atomic E-state index is -0.450. The molecule has 1 aliphatic rings. The van der Waals surface area contributed by atoms with Crippen LogP contribution in [0.3, 0.4) is 0 Å². The van der Waals surface area contributed by atoms with Crippen molar-refractivity contribution in [1.29, 1.82) is 0 Å². The van der Waals surface area contributed by atoms with Gasteiger partial charge in [-0.2, -0.15) is 0 Å². The summed E-state index contributed by atoms with van der Waals surface area (Å²) < 4.78 is 23.2. The number of fused-ring (bicyclic) bond motifs is 1. The summed E-state index contributed by atoms with van der Waals surface area (Å²) in [5, 5.41) is 0. The molecule has 12 heteroatoms. The number of rotatable bonds is 14. The maximum atomic E-state index is 13.6. The molecule has 240 valence electrons. The fourth-order valence-corrected chi connectivity index (χ4v) is 5.50. The number of hydrogen-bond donors (Lipinski definition) is 0. The second-order valence-electron chi connectivity index (χ2n) is 11.1. The van der Waals surface area contributed by atoms with Crippen molar-refractivity contribution in [3.8, 4) is 0 Å². The molecule has 4 aromatic rings. The Bertz CT molecular complexity index is 1890.